The maximum atomic E-state index is 13.6. The number of halogens is 2. The minimum Gasteiger partial charge on any atom is -0.326 e. The minimum absolute atomic E-state index is 0.0508. The van der Waals surface area contributed by atoms with Crippen LogP contribution in [-0.4, -0.2) is 52.7 Å². The van der Waals surface area contributed by atoms with Crippen LogP contribution in [0.1, 0.15) is 23.1 Å². The van der Waals surface area contributed by atoms with Crippen molar-refractivity contribution in [2.75, 3.05) is 26.2 Å². The molecular formula is C24H25F2N5O. The third-order valence-corrected chi connectivity index (χ3v) is 6.18. The number of fused-ring (bicyclic) bond motifs is 2. The maximum Gasteiger partial charge on any atom is 0.259 e. The van der Waals surface area contributed by atoms with Crippen molar-refractivity contribution in [3.05, 3.63) is 82.1 Å². The summed E-state index contributed by atoms with van der Waals surface area (Å²) >= 11 is 0. The van der Waals surface area contributed by atoms with Gasteiger partial charge >= 0.3 is 0 Å². The van der Waals surface area contributed by atoms with Crippen molar-refractivity contribution >= 4 is 11.9 Å². The van der Waals surface area contributed by atoms with Gasteiger partial charge in [-0.05, 0) is 28.8 Å². The zero-order valence-corrected chi connectivity index (χ0v) is 17.7. The van der Waals surface area contributed by atoms with E-state index in [1.54, 1.807) is 4.90 Å². The van der Waals surface area contributed by atoms with Crippen molar-refractivity contribution in [1.82, 2.24) is 14.7 Å². The van der Waals surface area contributed by atoms with Gasteiger partial charge in [0.25, 0.3) is 5.91 Å². The van der Waals surface area contributed by atoms with Crippen LogP contribution in [0.2, 0.25) is 0 Å². The molecule has 2 N–H and O–H groups in total. The van der Waals surface area contributed by atoms with Crippen molar-refractivity contribution in [2.24, 2.45) is 10.7 Å². The third-order valence-electron chi connectivity index (χ3n) is 6.18. The highest BCUT2D eigenvalue weighted by atomic mass is 19.1. The van der Waals surface area contributed by atoms with Gasteiger partial charge < -0.3 is 10.6 Å². The Bertz CT molecular complexity index is 1110. The molecule has 0 aromatic heterocycles. The number of carbonyl (C=O) groups excluding carboxylic acids is 1. The summed E-state index contributed by atoms with van der Waals surface area (Å²) in [6.07, 6.45) is 0.703. The predicted molar refractivity (Wildman–Crippen MR) is 117 cm³/mol. The number of hydrogen-bond donors (Lipinski definition) is 1. The molecule has 1 amide bonds. The smallest absolute Gasteiger partial charge is 0.259 e. The van der Waals surface area contributed by atoms with Gasteiger partial charge in [-0.15, -0.1) is 0 Å². The first-order valence-corrected chi connectivity index (χ1v) is 10.8. The van der Waals surface area contributed by atoms with E-state index in [-0.39, 0.29) is 5.91 Å². The van der Waals surface area contributed by atoms with Crippen LogP contribution in [-0.2, 0) is 24.4 Å². The minimum atomic E-state index is -0.588. The van der Waals surface area contributed by atoms with Crippen LogP contribution < -0.4 is 5.73 Å². The summed E-state index contributed by atoms with van der Waals surface area (Å²) in [6.45, 7) is 3.83. The molecule has 3 heterocycles. The molecule has 0 unspecified atom stereocenters. The fourth-order valence-corrected chi connectivity index (χ4v) is 4.75. The van der Waals surface area contributed by atoms with Crippen LogP contribution >= 0.6 is 0 Å². The van der Waals surface area contributed by atoms with Crippen molar-refractivity contribution in [1.29, 1.82) is 0 Å². The second-order valence-corrected chi connectivity index (χ2v) is 8.41. The van der Waals surface area contributed by atoms with E-state index in [2.05, 4.69) is 14.8 Å². The Labute approximate surface area is 185 Å². The third kappa shape index (κ3) is 3.91. The zero-order chi connectivity index (χ0) is 22.2. The van der Waals surface area contributed by atoms with Gasteiger partial charge in [-0.1, -0.05) is 24.3 Å². The van der Waals surface area contributed by atoms with Gasteiger partial charge in [0, 0.05) is 50.9 Å². The molecule has 0 saturated heterocycles. The lowest BCUT2D eigenvalue weighted by Gasteiger charge is -2.42. The maximum absolute atomic E-state index is 13.6. The molecule has 0 atom stereocenters. The number of amides is 1. The molecule has 0 radical (unpaired) electrons. The van der Waals surface area contributed by atoms with E-state index in [9.17, 15) is 13.6 Å². The lowest BCUT2D eigenvalue weighted by atomic mass is 9.99. The molecule has 3 aliphatic rings. The van der Waals surface area contributed by atoms with Crippen LogP contribution in [0.3, 0.4) is 0 Å². The fraction of sp³-hybridized carbons (Fsp3) is 0.333. The average Bonchev–Trinajstić information content (AvgIpc) is 3.26. The summed E-state index contributed by atoms with van der Waals surface area (Å²) in [6, 6.07) is 11.5. The summed E-state index contributed by atoms with van der Waals surface area (Å²) < 4.78 is 27.2. The molecule has 32 heavy (non-hydrogen) atoms. The Hall–Kier alpha value is -3.10. The number of hydrogen-bond acceptors (Lipinski definition) is 5. The number of rotatable bonds is 5. The van der Waals surface area contributed by atoms with Crippen LogP contribution in [0.25, 0.3) is 0 Å². The van der Waals surface area contributed by atoms with Gasteiger partial charge in [-0.25, -0.2) is 8.78 Å². The molecule has 0 fully saturated rings. The van der Waals surface area contributed by atoms with Gasteiger partial charge in [-0.3, -0.25) is 19.6 Å². The molecule has 5 rings (SSSR count). The zero-order valence-electron chi connectivity index (χ0n) is 17.7. The summed E-state index contributed by atoms with van der Waals surface area (Å²) in [4.78, 5) is 24.1. The highest BCUT2D eigenvalue weighted by Crippen LogP contribution is 2.32. The van der Waals surface area contributed by atoms with Crippen molar-refractivity contribution in [3.8, 4) is 0 Å². The highest BCUT2D eigenvalue weighted by molar-refractivity contribution is 6.09. The Morgan fingerprint density at radius 1 is 0.969 bits per heavy atom. The lowest BCUT2D eigenvalue weighted by molar-refractivity contribution is -0.125. The molecule has 0 spiro atoms. The highest BCUT2D eigenvalue weighted by Gasteiger charge is 2.40. The number of carbonyl (C=O) groups is 1. The second-order valence-electron chi connectivity index (χ2n) is 8.41. The molecule has 2 aromatic rings. The van der Waals surface area contributed by atoms with Crippen LogP contribution in [0, 0.1) is 11.6 Å². The van der Waals surface area contributed by atoms with E-state index >= 15 is 0 Å². The number of nitrogens with zero attached hydrogens (tertiary/aromatic N) is 4. The van der Waals surface area contributed by atoms with Crippen LogP contribution in [0.15, 0.2) is 58.7 Å². The molecule has 0 aliphatic carbocycles. The summed E-state index contributed by atoms with van der Waals surface area (Å²) in [5.41, 5.74) is 10.1. The standard InChI is InChI=1S/C24H25F2N5O/c25-19-9-18(10-20(26)11-19)13-29-6-4-22-21(15-29)23(32)31(24-28-5-7-30(22)24)14-17-3-1-2-16(8-17)12-27/h1-3,8-11H,4-7,12-15,27H2. The molecule has 0 saturated carbocycles. The van der Waals surface area contributed by atoms with Gasteiger partial charge in [-0.2, -0.15) is 0 Å². The first-order valence-electron chi connectivity index (χ1n) is 10.8. The van der Waals surface area contributed by atoms with Gasteiger partial charge in [0.15, 0.2) is 0 Å². The summed E-state index contributed by atoms with van der Waals surface area (Å²) in [7, 11) is 0. The molecule has 3 aliphatic heterocycles. The number of nitrogens with two attached hydrogens (primary N) is 1. The van der Waals surface area contributed by atoms with Gasteiger partial charge in [0.2, 0.25) is 5.96 Å². The van der Waals surface area contributed by atoms with Crippen molar-refractivity contribution in [3.63, 3.8) is 0 Å². The molecule has 2 aromatic carbocycles. The van der Waals surface area contributed by atoms with E-state index in [0.29, 0.717) is 57.2 Å². The lowest BCUT2D eigenvalue weighted by Crippen LogP contribution is -2.53. The molecular weight excluding hydrogens is 412 g/mol. The first-order chi connectivity index (χ1) is 15.5. The van der Waals surface area contributed by atoms with Gasteiger partial charge in [0.05, 0.1) is 18.7 Å². The van der Waals surface area contributed by atoms with E-state index < -0.39 is 11.6 Å². The van der Waals surface area contributed by atoms with E-state index in [0.717, 1.165) is 35.0 Å². The monoisotopic (exact) mass is 437 g/mol. The predicted octanol–water partition coefficient (Wildman–Crippen LogP) is 2.60. The largest absolute Gasteiger partial charge is 0.326 e. The fourth-order valence-electron chi connectivity index (χ4n) is 4.75. The van der Waals surface area contributed by atoms with Gasteiger partial charge in [0.1, 0.15) is 11.6 Å². The number of aliphatic imine (C=N–C) groups is 1. The summed E-state index contributed by atoms with van der Waals surface area (Å²) in [5.74, 6) is -0.512. The topological polar surface area (TPSA) is 65.2 Å². The normalized spacial score (nSPS) is 18.7. The van der Waals surface area contributed by atoms with E-state index in [1.165, 1.54) is 12.1 Å². The van der Waals surface area contributed by atoms with Crippen molar-refractivity contribution in [2.45, 2.75) is 26.1 Å². The SMILES string of the molecule is NCc1cccc(CN2C(=O)C3=C(CCN(Cc4cc(F)cc(F)c4)C3)N3CCN=C23)c1. The molecule has 0 bridgehead atoms. The summed E-state index contributed by atoms with van der Waals surface area (Å²) in [5, 5.41) is 0. The second kappa shape index (κ2) is 8.44. The number of guanidine groups is 1. The van der Waals surface area contributed by atoms with Crippen LogP contribution in [0.4, 0.5) is 8.78 Å². The average molecular weight is 437 g/mol. The Balaban J connectivity index is 1.39. The quantitative estimate of drug-likeness (QED) is 0.781. The molecule has 8 heteroatoms. The Morgan fingerprint density at radius 2 is 1.75 bits per heavy atom. The first kappa shape index (κ1) is 20.8. The molecule has 166 valence electrons. The Morgan fingerprint density at radius 3 is 2.53 bits per heavy atom. The van der Waals surface area contributed by atoms with Crippen molar-refractivity contribution < 1.29 is 13.6 Å². The number of benzene rings is 2. The Kier molecular flexibility index (Phi) is 5.48. The van der Waals surface area contributed by atoms with Crippen LogP contribution in [0.5, 0.6) is 0 Å². The van der Waals surface area contributed by atoms with E-state index in [4.69, 9.17) is 5.73 Å². The molecule has 6 nitrogen and oxygen atoms in total. The van der Waals surface area contributed by atoms with E-state index in [1.807, 2.05) is 24.3 Å².